The molecule has 0 saturated heterocycles. The highest BCUT2D eigenvalue weighted by Gasteiger charge is 2.33. The van der Waals surface area contributed by atoms with Gasteiger partial charge >= 0.3 is 12.3 Å². The summed E-state index contributed by atoms with van der Waals surface area (Å²) >= 11 is 1.64. The van der Waals surface area contributed by atoms with Crippen LogP contribution in [-0.2, 0) is 17.8 Å². The fourth-order valence-electron chi connectivity index (χ4n) is 1.20. The van der Waals surface area contributed by atoms with Gasteiger partial charge in [-0.2, -0.15) is 0 Å². The molecule has 1 heterocycles. The number of nitrogens with zero attached hydrogens (tertiary/aromatic N) is 1. The second-order valence-electron chi connectivity index (χ2n) is 3.23. The zero-order valence-electron chi connectivity index (χ0n) is 8.79. The van der Waals surface area contributed by atoms with E-state index in [1.807, 2.05) is 0 Å². The van der Waals surface area contributed by atoms with Crippen molar-refractivity contribution >= 4 is 28.6 Å². The summed E-state index contributed by atoms with van der Waals surface area (Å²) in [5.41, 5.74) is 5.58. The van der Waals surface area contributed by atoms with Gasteiger partial charge in [0.2, 0.25) is 5.88 Å². The lowest BCUT2D eigenvalue weighted by Crippen LogP contribution is -2.20. The van der Waals surface area contributed by atoms with Crippen LogP contribution in [0.2, 0.25) is 0 Å². The highest BCUT2D eigenvalue weighted by molar-refractivity contribution is 14.1. The summed E-state index contributed by atoms with van der Waals surface area (Å²) in [4.78, 5) is 14.1. The van der Waals surface area contributed by atoms with Crippen molar-refractivity contribution in [1.82, 2.24) is 4.98 Å². The van der Waals surface area contributed by atoms with Crippen LogP contribution in [0.25, 0.3) is 0 Å². The summed E-state index contributed by atoms with van der Waals surface area (Å²) in [6.07, 6.45) is -5.21. The summed E-state index contributed by atoms with van der Waals surface area (Å²) in [5, 5.41) is 8.64. The van der Waals surface area contributed by atoms with Crippen molar-refractivity contribution in [3.8, 4) is 5.88 Å². The zero-order chi connectivity index (χ0) is 13.9. The zero-order valence-corrected chi connectivity index (χ0v) is 10.9. The van der Waals surface area contributed by atoms with E-state index in [0.29, 0.717) is 0 Å². The molecule has 0 amide bonds. The highest BCUT2D eigenvalue weighted by atomic mass is 127. The first kappa shape index (κ1) is 15.0. The number of carboxylic acid groups (broad SMARTS) is 1. The molecular formula is C9H8F3IN2O3. The molecule has 3 N–H and O–H groups in total. The molecule has 0 radical (unpaired) electrons. The number of nitrogens with two attached hydrogens (primary N) is 1. The van der Waals surface area contributed by atoms with E-state index >= 15 is 0 Å². The van der Waals surface area contributed by atoms with Gasteiger partial charge < -0.3 is 15.6 Å². The van der Waals surface area contributed by atoms with E-state index in [1.165, 1.54) is 6.07 Å². The molecule has 100 valence electrons. The van der Waals surface area contributed by atoms with Crippen molar-refractivity contribution in [3.63, 3.8) is 0 Å². The summed E-state index contributed by atoms with van der Waals surface area (Å²) in [5.74, 6) is -1.76. The van der Waals surface area contributed by atoms with Gasteiger partial charge in [0.1, 0.15) is 3.70 Å². The molecule has 0 spiro atoms. The molecule has 0 aliphatic heterocycles. The molecule has 18 heavy (non-hydrogen) atoms. The Hall–Kier alpha value is -1.10. The van der Waals surface area contributed by atoms with E-state index in [9.17, 15) is 18.0 Å². The first-order valence-electron chi connectivity index (χ1n) is 4.59. The number of carbonyl (C=O) groups is 1. The monoisotopic (exact) mass is 376 g/mol. The van der Waals surface area contributed by atoms with Crippen LogP contribution in [-0.4, -0.2) is 22.4 Å². The van der Waals surface area contributed by atoms with Crippen molar-refractivity contribution in [2.45, 2.75) is 19.3 Å². The third-order valence-electron chi connectivity index (χ3n) is 1.86. The molecule has 0 saturated carbocycles. The predicted octanol–water partition coefficient (Wildman–Crippen LogP) is 1.67. The molecule has 1 aromatic heterocycles. The second kappa shape index (κ2) is 5.69. The molecule has 0 aliphatic rings. The average molecular weight is 376 g/mol. The minimum absolute atomic E-state index is 0.00370. The number of rotatable bonds is 4. The highest BCUT2D eigenvalue weighted by Crippen LogP contribution is 2.27. The van der Waals surface area contributed by atoms with Crippen LogP contribution in [0.3, 0.4) is 0 Å². The number of pyridine rings is 1. The Morgan fingerprint density at radius 1 is 1.50 bits per heavy atom. The molecule has 0 atom stereocenters. The van der Waals surface area contributed by atoms with Crippen LogP contribution in [0, 0.1) is 3.70 Å². The molecule has 1 rings (SSSR count). The van der Waals surface area contributed by atoms with Crippen LogP contribution in [0.15, 0.2) is 6.07 Å². The summed E-state index contributed by atoms with van der Waals surface area (Å²) in [6, 6.07) is 1.25. The minimum atomic E-state index is -4.87. The predicted molar refractivity (Wildman–Crippen MR) is 62.9 cm³/mol. The third-order valence-corrected chi connectivity index (χ3v) is 2.80. The Kier molecular flexibility index (Phi) is 4.73. The van der Waals surface area contributed by atoms with Gasteiger partial charge in [-0.15, -0.1) is 13.2 Å². The maximum atomic E-state index is 12.1. The van der Waals surface area contributed by atoms with Crippen molar-refractivity contribution in [2.75, 3.05) is 0 Å². The van der Waals surface area contributed by atoms with Crippen LogP contribution in [0.1, 0.15) is 11.1 Å². The normalized spacial score (nSPS) is 11.4. The molecule has 0 aliphatic carbocycles. The van der Waals surface area contributed by atoms with Gasteiger partial charge in [0.05, 0.1) is 6.42 Å². The number of alkyl halides is 3. The van der Waals surface area contributed by atoms with E-state index in [0.717, 1.165) is 0 Å². The lowest BCUT2D eigenvalue weighted by molar-refractivity contribution is -0.276. The number of aliphatic carboxylic acids is 1. The lowest BCUT2D eigenvalue weighted by Gasteiger charge is -2.13. The maximum absolute atomic E-state index is 12.1. The fraction of sp³-hybridized carbons (Fsp3) is 0.333. The van der Waals surface area contributed by atoms with Crippen molar-refractivity contribution in [2.24, 2.45) is 5.73 Å². The first-order valence-corrected chi connectivity index (χ1v) is 5.66. The number of aromatic nitrogens is 1. The largest absolute Gasteiger partial charge is 0.574 e. The Morgan fingerprint density at radius 2 is 2.11 bits per heavy atom. The van der Waals surface area contributed by atoms with Crippen LogP contribution >= 0.6 is 22.6 Å². The second-order valence-corrected chi connectivity index (χ2v) is 4.25. The van der Waals surface area contributed by atoms with E-state index in [1.54, 1.807) is 22.6 Å². The quantitative estimate of drug-likeness (QED) is 0.617. The number of hydrogen-bond acceptors (Lipinski definition) is 4. The number of halogens is 4. The standard InChI is InChI=1S/C9H8F3IN2O3/c10-9(11,12)18-8-5(3-14)1-4(2-6(16)17)7(13)15-8/h1H,2-3,14H2,(H,16,17). The average Bonchev–Trinajstić information content (AvgIpc) is 2.19. The Morgan fingerprint density at radius 3 is 2.56 bits per heavy atom. The SMILES string of the molecule is NCc1cc(CC(=O)O)c(I)nc1OC(F)(F)F. The summed E-state index contributed by atoms with van der Waals surface area (Å²) in [6.45, 7) is -0.234. The number of ether oxygens (including phenoxy) is 1. The van der Waals surface area contributed by atoms with E-state index in [2.05, 4.69) is 9.72 Å². The van der Waals surface area contributed by atoms with Gasteiger partial charge in [0.15, 0.2) is 0 Å². The minimum Gasteiger partial charge on any atom is -0.481 e. The topological polar surface area (TPSA) is 85.4 Å². The summed E-state index contributed by atoms with van der Waals surface area (Å²) < 4.78 is 40.2. The first-order chi connectivity index (χ1) is 8.23. The number of carboxylic acids is 1. The van der Waals surface area contributed by atoms with Crippen molar-refractivity contribution in [3.05, 3.63) is 20.9 Å². The van der Waals surface area contributed by atoms with Gasteiger partial charge in [0.25, 0.3) is 0 Å². The maximum Gasteiger partial charge on any atom is 0.574 e. The van der Waals surface area contributed by atoms with Gasteiger partial charge in [-0.3, -0.25) is 4.79 Å². The van der Waals surface area contributed by atoms with Gasteiger partial charge in [-0.25, -0.2) is 4.98 Å². The van der Waals surface area contributed by atoms with Crippen LogP contribution in [0.4, 0.5) is 13.2 Å². The third kappa shape index (κ3) is 4.29. The van der Waals surface area contributed by atoms with Gasteiger partial charge in [-0.1, -0.05) is 0 Å². The molecule has 9 heteroatoms. The Labute approximate surface area is 113 Å². The lowest BCUT2D eigenvalue weighted by atomic mass is 10.1. The van der Waals surface area contributed by atoms with Crippen LogP contribution < -0.4 is 10.5 Å². The van der Waals surface area contributed by atoms with Gasteiger partial charge in [-0.05, 0) is 34.2 Å². The fourth-order valence-corrected chi connectivity index (χ4v) is 1.76. The van der Waals surface area contributed by atoms with Gasteiger partial charge in [0, 0.05) is 12.1 Å². The van der Waals surface area contributed by atoms with E-state index < -0.39 is 18.2 Å². The van der Waals surface area contributed by atoms with E-state index in [4.69, 9.17) is 10.8 Å². The molecular weight excluding hydrogens is 368 g/mol. The molecule has 5 nitrogen and oxygen atoms in total. The summed E-state index contributed by atoms with van der Waals surface area (Å²) in [7, 11) is 0. The van der Waals surface area contributed by atoms with Crippen molar-refractivity contribution < 1.29 is 27.8 Å². The molecule has 0 bridgehead atoms. The molecule has 1 aromatic rings. The number of hydrogen-bond donors (Lipinski definition) is 2. The molecule has 0 fully saturated rings. The van der Waals surface area contributed by atoms with E-state index in [-0.39, 0.29) is 27.8 Å². The van der Waals surface area contributed by atoms with Crippen LogP contribution in [0.5, 0.6) is 5.88 Å². The molecule has 0 unspecified atom stereocenters. The van der Waals surface area contributed by atoms with Crippen molar-refractivity contribution in [1.29, 1.82) is 0 Å². The smallest absolute Gasteiger partial charge is 0.481 e. The molecule has 0 aromatic carbocycles. The Balaban J connectivity index is 3.14. The Bertz CT molecular complexity index is 465.